The summed E-state index contributed by atoms with van der Waals surface area (Å²) in [5.41, 5.74) is 3.71. The van der Waals surface area contributed by atoms with E-state index in [1.807, 2.05) is 18.2 Å². The highest BCUT2D eigenvalue weighted by Gasteiger charge is 2.13. The summed E-state index contributed by atoms with van der Waals surface area (Å²) in [6.07, 6.45) is 2.66. The topological polar surface area (TPSA) is 15.3 Å². The second-order valence-electron chi connectivity index (χ2n) is 5.59. The fourth-order valence-corrected chi connectivity index (χ4v) is 3.05. The highest BCUT2D eigenvalue weighted by atomic mass is 35.5. The number of hydrogen-bond acceptors (Lipinski definition) is 2. The van der Waals surface area contributed by atoms with Gasteiger partial charge in [-0.2, -0.15) is 0 Å². The lowest BCUT2D eigenvalue weighted by Gasteiger charge is -2.18. The van der Waals surface area contributed by atoms with Crippen LogP contribution < -0.4 is 5.32 Å². The van der Waals surface area contributed by atoms with Gasteiger partial charge in [0.1, 0.15) is 0 Å². The average Bonchev–Trinajstić information content (AvgIpc) is 3.01. The molecule has 2 aromatic rings. The molecule has 0 aliphatic carbocycles. The first-order chi connectivity index (χ1) is 10.3. The lowest BCUT2D eigenvalue weighted by atomic mass is 10.1. The van der Waals surface area contributed by atoms with Crippen LogP contribution in [0.2, 0.25) is 5.02 Å². The second-order valence-corrected chi connectivity index (χ2v) is 5.99. The summed E-state index contributed by atoms with van der Waals surface area (Å²) < 4.78 is 0. The molecule has 0 spiro atoms. The Kier molecular flexibility index (Phi) is 4.79. The van der Waals surface area contributed by atoms with Crippen molar-refractivity contribution in [3.8, 4) is 0 Å². The first kappa shape index (κ1) is 14.4. The van der Waals surface area contributed by atoms with Crippen molar-refractivity contribution in [1.29, 1.82) is 0 Å². The Labute approximate surface area is 131 Å². The van der Waals surface area contributed by atoms with E-state index < -0.39 is 0 Å². The van der Waals surface area contributed by atoms with Crippen molar-refractivity contribution in [2.45, 2.75) is 25.9 Å². The van der Waals surface area contributed by atoms with E-state index in [2.05, 4.69) is 40.5 Å². The number of anilines is 1. The molecule has 0 unspecified atom stereocenters. The monoisotopic (exact) mass is 300 g/mol. The summed E-state index contributed by atoms with van der Waals surface area (Å²) in [5.74, 6) is 0. The molecular formula is C18H21ClN2. The zero-order chi connectivity index (χ0) is 14.5. The maximum absolute atomic E-state index is 6.22. The van der Waals surface area contributed by atoms with Crippen LogP contribution in [0.4, 0.5) is 5.69 Å². The molecule has 3 rings (SSSR count). The normalized spacial score (nSPS) is 15.3. The molecule has 0 saturated carbocycles. The molecular weight excluding hydrogens is 280 g/mol. The van der Waals surface area contributed by atoms with Gasteiger partial charge in [-0.1, -0.05) is 48.0 Å². The number of nitrogens with zero attached hydrogens (tertiary/aromatic N) is 1. The summed E-state index contributed by atoms with van der Waals surface area (Å²) >= 11 is 6.22. The van der Waals surface area contributed by atoms with Gasteiger partial charge in [0.2, 0.25) is 0 Å². The van der Waals surface area contributed by atoms with Crippen LogP contribution in [-0.2, 0) is 13.1 Å². The number of para-hydroxylation sites is 1. The first-order valence-corrected chi connectivity index (χ1v) is 7.98. The summed E-state index contributed by atoms with van der Waals surface area (Å²) in [5, 5.41) is 4.35. The van der Waals surface area contributed by atoms with Crippen LogP contribution in [0.15, 0.2) is 48.5 Å². The Hall–Kier alpha value is -1.51. The molecule has 2 aromatic carbocycles. The minimum atomic E-state index is 0.761. The molecule has 0 amide bonds. The van der Waals surface area contributed by atoms with Gasteiger partial charge in [-0.3, -0.25) is 4.90 Å². The maximum Gasteiger partial charge on any atom is 0.0455 e. The summed E-state index contributed by atoms with van der Waals surface area (Å²) in [4.78, 5) is 2.52. The van der Waals surface area contributed by atoms with Crippen molar-refractivity contribution in [3.63, 3.8) is 0 Å². The van der Waals surface area contributed by atoms with E-state index in [9.17, 15) is 0 Å². The minimum Gasteiger partial charge on any atom is -0.381 e. The van der Waals surface area contributed by atoms with E-state index in [0.29, 0.717) is 0 Å². The lowest BCUT2D eigenvalue weighted by molar-refractivity contribution is 0.332. The minimum absolute atomic E-state index is 0.761. The highest BCUT2D eigenvalue weighted by molar-refractivity contribution is 6.31. The smallest absolute Gasteiger partial charge is 0.0455 e. The highest BCUT2D eigenvalue weighted by Crippen LogP contribution is 2.22. The molecule has 1 N–H and O–H groups in total. The van der Waals surface area contributed by atoms with E-state index in [-0.39, 0.29) is 0 Å². The van der Waals surface area contributed by atoms with Gasteiger partial charge in [0.05, 0.1) is 0 Å². The molecule has 1 aliphatic rings. The van der Waals surface area contributed by atoms with Crippen molar-refractivity contribution < 1.29 is 0 Å². The molecule has 1 fully saturated rings. The van der Waals surface area contributed by atoms with Gasteiger partial charge in [-0.05, 0) is 49.2 Å². The van der Waals surface area contributed by atoms with Gasteiger partial charge in [0.25, 0.3) is 0 Å². The van der Waals surface area contributed by atoms with Gasteiger partial charge in [-0.25, -0.2) is 0 Å². The van der Waals surface area contributed by atoms with Gasteiger partial charge in [-0.15, -0.1) is 0 Å². The van der Waals surface area contributed by atoms with Crippen LogP contribution in [0.25, 0.3) is 0 Å². The number of benzene rings is 2. The fraction of sp³-hybridized carbons (Fsp3) is 0.333. The molecule has 1 aliphatic heterocycles. The van der Waals surface area contributed by atoms with E-state index in [1.165, 1.54) is 37.2 Å². The average molecular weight is 301 g/mol. The standard InChI is InChI=1S/C18H21ClN2/c19-17-9-3-1-7-15(17)13-20-18-10-4-2-8-16(18)14-21-11-5-6-12-21/h1-4,7-10,20H,5-6,11-14H2. The van der Waals surface area contributed by atoms with Crippen molar-refractivity contribution in [2.24, 2.45) is 0 Å². The van der Waals surface area contributed by atoms with Crippen LogP contribution in [0.5, 0.6) is 0 Å². The van der Waals surface area contributed by atoms with Crippen LogP contribution in [0, 0.1) is 0 Å². The number of hydrogen-bond donors (Lipinski definition) is 1. The molecule has 0 atom stereocenters. The zero-order valence-electron chi connectivity index (χ0n) is 12.2. The van der Waals surface area contributed by atoms with Crippen molar-refractivity contribution in [2.75, 3.05) is 18.4 Å². The Morgan fingerprint density at radius 2 is 1.57 bits per heavy atom. The summed E-state index contributed by atoms with van der Waals surface area (Å²) in [6, 6.07) is 16.6. The largest absolute Gasteiger partial charge is 0.381 e. The lowest BCUT2D eigenvalue weighted by Crippen LogP contribution is -2.19. The van der Waals surface area contributed by atoms with Crippen molar-refractivity contribution >= 4 is 17.3 Å². The molecule has 3 heteroatoms. The third-order valence-corrected chi connectivity index (χ3v) is 4.41. The van der Waals surface area contributed by atoms with E-state index in [4.69, 9.17) is 11.6 Å². The van der Waals surface area contributed by atoms with Gasteiger partial charge in [0, 0.05) is 23.8 Å². The van der Waals surface area contributed by atoms with Crippen LogP contribution >= 0.6 is 11.6 Å². The predicted octanol–water partition coefficient (Wildman–Crippen LogP) is 4.55. The number of likely N-dealkylation sites (tertiary alicyclic amines) is 1. The fourth-order valence-electron chi connectivity index (χ4n) is 2.84. The van der Waals surface area contributed by atoms with Crippen LogP contribution in [0.1, 0.15) is 24.0 Å². The number of rotatable bonds is 5. The Bertz CT molecular complexity index is 591. The number of halogens is 1. The first-order valence-electron chi connectivity index (χ1n) is 7.60. The van der Waals surface area contributed by atoms with Gasteiger partial charge < -0.3 is 5.32 Å². The van der Waals surface area contributed by atoms with Crippen molar-refractivity contribution in [1.82, 2.24) is 4.90 Å². The molecule has 110 valence electrons. The van der Waals surface area contributed by atoms with Crippen molar-refractivity contribution in [3.05, 3.63) is 64.7 Å². The SMILES string of the molecule is Clc1ccccc1CNc1ccccc1CN1CCCC1. The third-order valence-electron chi connectivity index (χ3n) is 4.04. The molecule has 21 heavy (non-hydrogen) atoms. The molecule has 0 bridgehead atoms. The molecule has 1 heterocycles. The predicted molar refractivity (Wildman–Crippen MR) is 89.7 cm³/mol. The third kappa shape index (κ3) is 3.78. The van der Waals surface area contributed by atoms with E-state index in [0.717, 1.165) is 23.7 Å². The zero-order valence-corrected chi connectivity index (χ0v) is 12.9. The quantitative estimate of drug-likeness (QED) is 0.871. The Morgan fingerprint density at radius 1 is 0.905 bits per heavy atom. The Balaban J connectivity index is 1.68. The molecule has 2 nitrogen and oxygen atoms in total. The van der Waals surface area contributed by atoms with Gasteiger partial charge >= 0.3 is 0 Å². The van der Waals surface area contributed by atoms with Crippen LogP contribution in [0.3, 0.4) is 0 Å². The van der Waals surface area contributed by atoms with Gasteiger partial charge in [0.15, 0.2) is 0 Å². The second kappa shape index (κ2) is 6.97. The maximum atomic E-state index is 6.22. The van der Waals surface area contributed by atoms with E-state index in [1.54, 1.807) is 0 Å². The molecule has 0 aromatic heterocycles. The molecule has 0 radical (unpaired) electrons. The number of nitrogens with one attached hydrogen (secondary N) is 1. The summed E-state index contributed by atoms with van der Waals surface area (Å²) in [7, 11) is 0. The van der Waals surface area contributed by atoms with E-state index >= 15 is 0 Å². The Morgan fingerprint density at radius 3 is 2.33 bits per heavy atom. The molecule has 1 saturated heterocycles. The summed E-state index contributed by atoms with van der Waals surface area (Å²) in [6.45, 7) is 4.24. The van der Waals surface area contributed by atoms with Crippen LogP contribution in [-0.4, -0.2) is 18.0 Å².